The maximum Gasteiger partial charge on any atom is 0.332 e. The fourth-order valence-electron chi connectivity index (χ4n) is 3.10. The minimum Gasteiger partial charge on any atom is -0.277 e. The minimum atomic E-state index is -0.470. The van der Waals surface area contributed by atoms with Crippen molar-refractivity contribution in [3.05, 3.63) is 66.6 Å². The maximum atomic E-state index is 12.9. The summed E-state index contributed by atoms with van der Waals surface area (Å²) in [6.45, 7) is 6.23. The van der Waals surface area contributed by atoms with E-state index in [2.05, 4.69) is 9.97 Å². The Hall–Kier alpha value is -3.01. The number of fused-ring (bicyclic) bond motifs is 1. The highest BCUT2D eigenvalue weighted by Crippen LogP contribution is 2.30. The number of hydrogen-bond donors (Lipinski definition) is 0. The third-order valence-corrected chi connectivity index (χ3v) is 5.71. The predicted molar refractivity (Wildman–Crippen MR) is 116 cm³/mol. The van der Waals surface area contributed by atoms with Gasteiger partial charge in [0.25, 0.3) is 11.2 Å². The van der Waals surface area contributed by atoms with Crippen LogP contribution in [0.4, 0.5) is 5.69 Å². The average molecular weight is 430 g/mol. The fourth-order valence-corrected chi connectivity index (χ4v) is 4.12. The largest absolute Gasteiger partial charge is 0.332 e. The van der Waals surface area contributed by atoms with Crippen molar-refractivity contribution in [1.82, 2.24) is 19.1 Å². The van der Waals surface area contributed by atoms with E-state index in [1.54, 1.807) is 18.2 Å². The molecule has 0 radical (unpaired) electrons. The molecule has 0 atom stereocenters. The third-order valence-electron chi connectivity index (χ3n) is 4.68. The van der Waals surface area contributed by atoms with Crippen molar-refractivity contribution in [1.29, 1.82) is 0 Å². The second kappa shape index (κ2) is 8.78. The Balaban J connectivity index is 2.22. The summed E-state index contributed by atoms with van der Waals surface area (Å²) >= 11 is 1.24. The third kappa shape index (κ3) is 4.00. The van der Waals surface area contributed by atoms with Crippen LogP contribution in [0.2, 0.25) is 0 Å². The van der Waals surface area contributed by atoms with Crippen LogP contribution in [0.15, 0.2) is 38.9 Å². The molecule has 0 aliphatic rings. The van der Waals surface area contributed by atoms with Crippen LogP contribution in [0, 0.1) is 10.1 Å². The summed E-state index contributed by atoms with van der Waals surface area (Å²) < 4.78 is 2.56. The number of rotatable bonds is 7. The van der Waals surface area contributed by atoms with Crippen LogP contribution in [0.3, 0.4) is 0 Å². The molecule has 0 aliphatic carbocycles. The molecule has 0 N–H and O–H groups in total. The van der Waals surface area contributed by atoms with E-state index >= 15 is 0 Å². The highest BCUT2D eigenvalue weighted by Gasteiger charge is 2.21. The number of nitro benzene ring substituents is 1. The summed E-state index contributed by atoms with van der Waals surface area (Å²) in [6.07, 6.45) is 0.701. The van der Waals surface area contributed by atoms with Gasteiger partial charge in [-0.3, -0.25) is 24.0 Å². The summed E-state index contributed by atoms with van der Waals surface area (Å²) in [4.78, 5) is 45.6. The summed E-state index contributed by atoms with van der Waals surface area (Å²) in [7, 11) is 1.43. The van der Waals surface area contributed by atoms with E-state index < -0.39 is 16.2 Å². The van der Waals surface area contributed by atoms with E-state index in [0.29, 0.717) is 35.0 Å². The van der Waals surface area contributed by atoms with Crippen LogP contribution < -0.4 is 11.2 Å². The zero-order valence-electron chi connectivity index (χ0n) is 17.3. The molecule has 9 nitrogen and oxygen atoms in total. The van der Waals surface area contributed by atoms with Gasteiger partial charge in [0.05, 0.1) is 4.92 Å². The first kappa shape index (κ1) is 21.7. The first-order valence-corrected chi connectivity index (χ1v) is 10.6. The average Bonchev–Trinajstić information content (AvgIpc) is 2.73. The lowest BCUT2D eigenvalue weighted by molar-refractivity contribution is -0.385. The quantitative estimate of drug-likeness (QED) is 0.245. The molecule has 0 fully saturated rings. The van der Waals surface area contributed by atoms with Gasteiger partial charge in [0.2, 0.25) is 0 Å². The molecule has 10 heteroatoms. The molecule has 0 saturated carbocycles. The molecule has 0 aliphatic heterocycles. The molecule has 0 unspecified atom stereocenters. The molecule has 158 valence electrons. The van der Waals surface area contributed by atoms with Gasteiger partial charge in [0.15, 0.2) is 5.65 Å². The Morgan fingerprint density at radius 1 is 1.20 bits per heavy atom. The van der Waals surface area contributed by atoms with Crippen molar-refractivity contribution in [3.63, 3.8) is 0 Å². The van der Waals surface area contributed by atoms with Gasteiger partial charge in [0.1, 0.15) is 16.2 Å². The normalized spacial score (nSPS) is 11.4. The molecule has 2 heterocycles. The first-order valence-electron chi connectivity index (χ1n) is 9.62. The van der Waals surface area contributed by atoms with Gasteiger partial charge in [-0.25, -0.2) is 14.8 Å². The number of nitrogens with zero attached hydrogens (tertiary/aromatic N) is 5. The Morgan fingerprint density at radius 3 is 2.53 bits per heavy atom. The summed E-state index contributed by atoms with van der Waals surface area (Å²) in [6, 6.07) is 6.48. The lowest BCUT2D eigenvalue weighted by Crippen LogP contribution is -2.39. The Kier molecular flexibility index (Phi) is 6.35. The van der Waals surface area contributed by atoms with E-state index in [-0.39, 0.29) is 22.7 Å². The smallest absolute Gasteiger partial charge is 0.277 e. The molecule has 0 bridgehead atoms. The van der Waals surface area contributed by atoms with Crippen molar-refractivity contribution in [3.8, 4) is 0 Å². The zero-order chi connectivity index (χ0) is 22.0. The van der Waals surface area contributed by atoms with Crippen LogP contribution in [-0.4, -0.2) is 24.0 Å². The van der Waals surface area contributed by atoms with Gasteiger partial charge in [-0.05, 0) is 6.42 Å². The van der Waals surface area contributed by atoms with E-state index in [9.17, 15) is 19.7 Å². The minimum absolute atomic E-state index is 0.0169. The standard InChI is InChI=1S/C20H23N5O4S/c1-5-10-24-17-15(19(26)23(4)20(24)27)18(22-16(21-17)12(2)3)30-11-13-8-6-7-9-14(13)25(28)29/h6-9,12H,5,10-11H2,1-4H3. The van der Waals surface area contributed by atoms with E-state index in [1.807, 2.05) is 20.8 Å². The number of benzene rings is 1. The van der Waals surface area contributed by atoms with Crippen LogP contribution in [-0.2, 0) is 19.3 Å². The van der Waals surface area contributed by atoms with Crippen LogP contribution >= 0.6 is 11.8 Å². The van der Waals surface area contributed by atoms with E-state index in [1.165, 1.54) is 29.4 Å². The number of para-hydroxylation sites is 1. The lowest BCUT2D eigenvalue weighted by Gasteiger charge is -2.15. The highest BCUT2D eigenvalue weighted by atomic mass is 32.2. The number of hydrogen-bond acceptors (Lipinski definition) is 7. The molecule has 3 rings (SSSR count). The number of nitro groups is 1. The number of aromatic nitrogens is 4. The molecule has 0 spiro atoms. The second-order valence-corrected chi connectivity index (χ2v) is 8.18. The summed E-state index contributed by atoms with van der Waals surface area (Å²) in [5.74, 6) is 0.760. The van der Waals surface area contributed by atoms with E-state index in [4.69, 9.17) is 0 Å². The Bertz CT molecular complexity index is 1230. The molecule has 2 aromatic heterocycles. The summed E-state index contributed by atoms with van der Waals surface area (Å²) in [5, 5.41) is 12.0. The summed E-state index contributed by atoms with van der Waals surface area (Å²) in [5.41, 5.74) is -0.0267. The molecular formula is C20H23N5O4S. The van der Waals surface area contributed by atoms with Crippen molar-refractivity contribution < 1.29 is 4.92 Å². The van der Waals surface area contributed by atoms with Gasteiger partial charge in [0, 0.05) is 36.9 Å². The maximum absolute atomic E-state index is 12.9. The van der Waals surface area contributed by atoms with E-state index in [0.717, 1.165) is 4.57 Å². The first-order chi connectivity index (χ1) is 14.3. The van der Waals surface area contributed by atoms with Crippen molar-refractivity contribution in [2.45, 2.75) is 50.4 Å². The zero-order valence-corrected chi connectivity index (χ0v) is 18.1. The van der Waals surface area contributed by atoms with Gasteiger partial charge < -0.3 is 0 Å². The van der Waals surface area contributed by atoms with Crippen molar-refractivity contribution >= 4 is 28.5 Å². The molecular weight excluding hydrogens is 406 g/mol. The molecule has 0 amide bonds. The fraction of sp³-hybridized carbons (Fsp3) is 0.400. The topological polar surface area (TPSA) is 113 Å². The molecule has 30 heavy (non-hydrogen) atoms. The number of thioether (sulfide) groups is 1. The lowest BCUT2D eigenvalue weighted by atomic mass is 10.2. The molecule has 1 aromatic carbocycles. The molecule has 0 saturated heterocycles. The van der Waals surface area contributed by atoms with Crippen molar-refractivity contribution in [2.24, 2.45) is 7.05 Å². The highest BCUT2D eigenvalue weighted by molar-refractivity contribution is 7.98. The second-order valence-electron chi connectivity index (χ2n) is 7.21. The van der Waals surface area contributed by atoms with Gasteiger partial charge in [-0.15, -0.1) is 11.8 Å². The Labute approximate surface area is 176 Å². The number of aryl methyl sites for hydroxylation is 1. The molecule has 3 aromatic rings. The van der Waals surface area contributed by atoms with Crippen LogP contribution in [0.5, 0.6) is 0 Å². The van der Waals surface area contributed by atoms with Gasteiger partial charge in [-0.1, -0.05) is 39.0 Å². The monoisotopic (exact) mass is 429 g/mol. The predicted octanol–water partition coefficient (Wildman–Crippen LogP) is 3.22. The van der Waals surface area contributed by atoms with Crippen LogP contribution in [0.25, 0.3) is 11.0 Å². The SMILES string of the molecule is CCCn1c(=O)n(C)c(=O)c2c(SCc3ccccc3[N+](=O)[O-])nc(C(C)C)nc21. The van der Waals surface area contributed by atoms with Crippen molar-refractivity contribution in [2.75, 3.05) is 0 Å². The Morgan fingerprint density at radius 2 is 1.90 bits per heavy atom. The van der Waals surface area contributed by atoms with Crippen LogP contribution in [0.1, 0.15) is 44.5 Å². The van der Waals surface area contributed by atoms with Gasteiger partial charge in [-0.2, -0.15) is 0 Å². The van der Waals surface area contributed by atoms with Gasteiger partial charge >= 0.3 is 5.69 Å².